The van der Waals surface area contributed by atoms with Crippen molar-refractivity contribution in [2.24, 2.45) is 11.7 Å². The van der Waals surface area contributed by atoms with Gasteiger partial charge in [0, 0.05) is 23.9 Å². The van der Waals surface area contributed by atoms with Gasteiger partial charge in [-0.1, -0.05) is 6.92 Å². The Bertz CT molecular complexity index is 472. The van der Waals surface area contributed by atoms with Crippen molar-refractivity contribution in [1.29, 1.82) is 0 Å². The average Bonchev–Trinajstić information content (AvgIpc) is 2.30. The van der Waals surface area contributed by atoms with Crippen LogP contribution in [0.15, 0.2) is 18.2 Å². The molecule has 6 nitrogen and oxygen atoms in total. The lowest BCUT2D eigenvalue weighted by atomic mass is 10.0. The zero-order valence-corrected chi connectivity index (χ0v) is 10.6. The van der Waals surface area contributed by atoms with E-state index < -0.39 is 4.92 Å². The zero-order chi connectivity index (χ0) is 13.9. The van der Waals surface area contributed by atoms with Crippen LogP contribution in [0.5, 0.6) is 0 Å². The molecule has 98 valence electrons. The highest BCUT2D eigenvalue weighted by Crippen LogP contribution is 2.21. The summed E-state index contributed by atoms with van der Waals surface area (Å²) in [6.07, 6.45) is 0. The third-order valence-electron chi connectivity index (χ3n) is 2.88. The fraction of sp³-hybridized carbons (Fsp3) is 0.417. The molecule has 1 aromatic rings. The van der Waals surface area contributed by atoms with Gasteiger partial charge in [0.1, 0.15) is 0 Å². The summed E-state index contributed by atoms with van der Waals surface area (Å²) in [5, 5.41) is 13.3. The number of rotatable bonds is 4. The number of carbonyl (C=O) groups excluding carboxylic acids is 1. The minimum absolute atomic E-state index is 0.00532. The summed E-state index contributed by atoms with van der Waals surface area (Å²) < 4.78 is 0. The van der Waals surface area contributed by atoms with Crippen molar-refractivity contribution >= 4 is 17.3 Å². The second kappa shape index (κ2) is 5.59. The summed E-state index contributed by atoms with van der Waals surface area (Å²) in [4.78, 5) is 21.9. The van der Waals surface area contributed by atoms with Crippen molar-refractivity contribution in [1.82, 2.24) is 0 Å². The van der Waals surface area contributed by atoms with E-state index in [1.54, 1.807) is 20.8 Å². The highest BCUT2D eigenvalue weighted by Gasteiger charge is 2.18. The van der Waals surface area contributed by atoms with Crippen LogP contribution < -0.4 is 11.1 Å². The van der Waals surface area contributed by atoms with Crippen molar-refractivity contribution in [2.45, 2.75) is 26.8 Å². The number of hydrogen-bond acceptors (Lipinski definition) is 4. The summed E-state index contributed by atoms with van der Waals surface area (Å²) in [6, 6.07) is 4.06. The molecule has 0 fully saturated rings. The Morgan fingerprint density at radius 1 is 1.44 bits per heavy atom. The Kier molecular flexibility index (Phi) is 4.38. The molecule has 6 heteroatoms. The maximum Gasteiger partial charge on any atom is 0.269 e. The number of nitrogens with one attached hydrogen (secondary N) is 1. The SMILES string of the molecule is Cc1cc([N+](=O)[O-])ccc1NC(=O)C(C)C(C)N. The maximum absolute atomic E-state index is 11.8. The molecule has 1 aromatic carbocycles. The first kappa shape index (κ1) is 14.1. The number of carbonyl (C=O) groups is 1. The molecule has 1 amide bonds. The zero-order valence-electron chi connectivity index (χ0n) is 10.6. The largest absolute Gasteiger partial charge is 0.327 e. The van der Waals surface area contributed by atoms with E-state index in [-0.39, 0.29) is 23.6 Å². The lowest BCUT2D eigenvalue weighted by Crippen LogP contribution is -2.34. The van der Waals surface area contributed by atoms with E-state index in [9.17, 15) is 14.9 Å². The van der Waals surface area contributed by atoms with Gasteiger partial charge in [0.05, 0.1) is 10.8 Å². The number of hydrogen-bond donors (Lipinski definition) is 2. The molecule has 0 heterocycles. The molecule has 3 N–H and O–H groups in total. The smallest absolute Gasteiger partial charge is 0.269 e. The van der Waals surface area contributed by atoms with Gasteiger partial charge in [-0.2, -0.15) is 0 Å². The molecular formula is C12H17N3O3. The second-order valence-electron chi connectivity index (χ2n) is 4.39. The first-order valence-electron chi connectivity index (χ1n) is 5.64. The topological polar surface area (TPSA) is 98.3 Å². The second-order valence-corrected chi connectivity index (χ2v) is 4.39. The quantitative estimate of drug-likeness (QED) is 0.630. The van der Waals surface area contributed by atoms with Crippen LogP contribution in [0.4, 0.5) is 11.4 Å². The van der Waals surface area contributed by atoms with E-state index >= 15 is 0 Å². The molecule has 1 rings (SSSR count). The lowest BCUT2D eigenvalue weighted by Gasteiger charge is -2.16. The van der Waals surface area contributed by atoms with Crippen LogP contribution in [0.3, 0.4) is 0 Å². The van der Waals surface area contributed by atoms with E-state index in [1.165, 1.54) is 18.2 Å². The van der Waals surface area contributed by atoms with Gasteiger partial charge in [0.2, 0.25) is 5.91 Å². The molecule has 0 aromatic heterocycles. The molecule has 0 saturated carbocycles. The number of aryl methyl sites for hydroxylation is 1. The Morgan fingerprint density at radius 2 is 2.06 bits per heavy atom. The van der Waals surface area contributed by atoms with E-state index in [4.69, 9.17) is 5.73 Å². The predicted molar refractivity (Wildman–Crippen MR) is 69.3 cm³/mol. The number of benzene rings is 1. The van der Waals surface area contributed by atoms with Crippen molar-refractivity contribution in [2.75, 3.05) is 5.32 Å². The Hall–Kier alpha value is -1.95. The van der Waals surface area contributed by atoms with Crippen molar-refractivity contribution in [3.05, 3.63) is 33.9 Å². The molecule has 0 saturated heterocycles. The van der Waals surface area contributed by atoms with Crippen LogP contribution in [0.2, 0.25) is 0 Å². The minimum Gasteiger partial charge on any atom is -0.327 e. The van der Waals surface area contributed by atoms with Gasteiger partial charge in [-0.3, -0.25) is 14.9 Å². The highest BCUT2D eigenvalue weighted by atomic mass is 16.6. The maximum atomic E-state index is 11.8. The van der Waals surface area contributed by atoms with Crippen LogP contribution >= 0.6 is 0 Å². The van der Waals surface area contributed by atoms with Crippen molar-refractivity contribution in [3.8, 4) is 0 Å². The summed E-state index contributed by atoms with van der Waals surface area (Å²) in [6.45, 7) is 5.20. The van der Waals surface area contributed by atoms with E-state index in [2.05, 4.69) is 5.32 Å². The fourth-order valence-electron chi connectivity index (χ4n) is 1.39. The van der Waals surface area contributed by atoms with Crippen LogP contribution in [0.1, 0.15) is 19.4 Å². The van der Waals surface area contributed by atoms with Gasteiger partial charge < -0.3 is 11.1 Å². The molecular weight excluding hydrogens is 234 g/mol. The molecule has 0 radical (unpaired) electrons. The average molecular weight is 251 g/mol. The molecule has 0 bridgehead atoms. The van der Waals surface area contributed by atoms with Crippen molar-refractivity contribution < 1.29 is 9.72 Å². The third-order valence-corrected chi connectivity index (χ3v) is 2.88. The van der Waals surface area contributed by atoms with E-state index in [0.29, 0.717) is 11.3 Å². The molecule has 0 spiro atoms. The fourth-order valence-corrected chi connectivity index (χ4v) is 1.39. The molecule has 0 aliphatic heterocycles. The number of nitrogens with zero attached hydrogens (tertiary/aromatic N) is 1. The summed E-state index contributed by atoms with van der Waals surface area (Å²) in [5.74, 6) is -0.512. The van der Waals surface area contributed by atoms with Crippen LogP contribution in [0.25, 0.3) is 0 Å². The van der Waals surface area contributed by atoms with Gasteiger partial charge in [-0.25, -0.2) is 0 Å². The predicted octanol–water partition coefficient (Wildman–Crippen LogP) is 1.83. The van der Waals surface area contributed by atoms with Crippen LogP contribution in [-0.2, 0) is 4.79 Å². The third kappa shape index (κ3) is 3.27. The number of nitro benzene ring substituents is 1. The number of nitro groups is 1. The summed E-state index contributed by atoms with van der Waals surface area (Å²) in [5.41, 5.74) is 6.86. The Labute approximate surface area is 105 Å². The monoisotopic (exact) mass is 251 g/mol. The normalized spacial score (nSPS) is 13.8. The van der Waals surface area contributed by atoms with Crippen LogP contribution in [-0.4, -0.2) is 16.9 Å². The van der Waals surface area contributed by atoms with Gasteiger partial charge >= 0.3 is 0 Å². The molecule has 0 aliphatic rings. The van der Waals surface area contributed by atoms with E-state index in [1.807, 2.05) is 0 Å². The minimum atomic E-state index is -0.469. The molecule has 2 unspecified atom stereocenters. The lowest BCUT2D eigenvalue weighted by molar-refractivity contribution is -0.384. The standard InChI is InChI=1S/C12H17N3O3/c1-7-6-10(15(17)18)4-5-11(7)14-12(16)8(2)9(3)13/h4-6,8-9H,13H2,1-3H3,(H,14,16). The van der Waals surface area contributed by atoms with E-state index in [0.717, 1.165) is 0 Å². The number of nitrogens with two attached hydrogens (primary N) is 1. The first-order chi connectivity index (χ1) is 8.32. The van der Waals surface area contributed by atoms with Gasteiger partial charge in [0.15, 0.2) is 0 Å². The number of anilines is 1. The van der Waals surface area contributed by atoms with Gasteiger partial charge in [-0.05, 0) is 25.5 Å². The van der Waals surface area contributed by atoms with Crippen LogP contribution in [0, 0.1) is 23.0 Å². The van der Waals surface area contributed by atoms with Gasteiger partial charge in [-0.15, -0.1) is 0 Å². The molecule has 0 aliphatic carbocycles. The molecule has 18 heavy (non-hydrogen) atoms. The molecule has 2 atom stereocenters. The first-order valence-corrected chi connectivity index (χ1v) is 5.64. The number of amides is 1. The number of non-ortho nitro benzene ring substituents is 1. The Balaban J connectivity index is 2.86. The summed E-state index contributed by atoms with van der Waals surface area (Å²) in [7, 11) is 0. The van der Waals surface area contributed by atoms with Crippen molar-refractivity contribution in [3.63, 3.8) is 0 Å². The highest BCUT2D eigenvalue weighted by molar-refractivity contribution is 5.93. The Morgan fingerprint density at radius 3 is 2.50 bits per heavy atom. The summed E-state index contributed by atoms with van der Waals surface area (Å²) >= 11 is 0. The van der Waals surface area contributed by atoms with Gasteiger partial charge in [0.25, 0.3) is 5.69 Å².